The Hall–Kier alpha value is -1.91. The number of rotatable bonds is 4. The third-order valence-corrected chi connectivity index (χ3v) is 3.68. The van der Waals surface area contributed by atoms with Crippen LogP contribution in [0.1, 0.15) is 11.3 Å². The lowest BCUT2D eigenvalue weighted by molar-refractivity contribution is 0.267. The van der Waals surface area contributed by atoms with E-state index in [9.17, 15) is 5.11 Å². The SMILES string of the molecule is OCc1cc2ccccc2c(OCc2cccc(Br)c2)n1. The van der Waals surface area contributed by atoms with Gasteiger partial charge in [-0.05, 0) is 35.2 Å². The van der Waals surface area contributed by atoms with Crippen molar-refractivity contribution in [3.8, 4) is 5.88 Å². The zero-order valence-electron chi connectivity index (χ0n) is 11.3. The molecule has 4 heteroatoms. The monoisotopic (exact) mass is 343 g/mol. The molecule has 2 aromatic carbocycles. The number of pyridine rings is 1. The molecule has 106 valence electrons. The van der Waals surface area contributed by atoms with Crippen LogP contribution >= 0.6 is 15.9 Å². The highest BCUT2D eigenvalue weighted by Gasteiger charge is 2.07. The highest BCUT2D eigenvalue weighted by Crippen LogP contribution is 2.25. The van der Waals surface area contributed by atoms with Crippen molar-refractivity contribution in [3.63, 3.8) is 0 Å². The summed E-state index contributed by atoms with van der Waals surface area (Å²) in [5.41, 5.74) is 1.67. The molecule has 0 saturated carbocycles. The maximum Gasteiger partial charge on any atom is 0.222 e. The molecule has 0 saturated heterocycles. The van der Waals surface area contributed by atoms with E-state index in [1.165, 1.54) is 0 Å². The summed E-state index contributed by atoms with van der Waals surface area (Å²) in [5.74, 6) is 0.553. The van der Waals surface area contributed by atoms with Gasteiger partial charge in [0.25, 0.3) is 0 Å². The summed E-state index contributed by atoms with van der Waals surface area (Å²) < 4.78 is 6.88. The van der Waals surface area contributed by atoms with Gasteiger partial charge in [-0.15, -0.1) is 0 Å². The quantitative estimate of drug-likeness (QED) is 0.776. The molecule has 0 amide bonds. The Labute approximate surface area is 131 Å². The molecule has 0 bridgehead atoms. The van der Waals surface area contributed by atoms with Crippen LogP contribution < -0.4 is 4.74 Å². The van der Waals surface area contributed by atoms with Gasteiger partial charge in [0.1, 0.15) is 6.61 Å². The minimum atomic E-state index is -0.0991. The van der Waals surface area contributed by atoms with E-state index >= 15 is 0 Å². The van der Waals surface area contributed by atoms with Crippen molar-refractivity contribution in [2.24, 2.45) is 0 Å². The van der Waals surface area contributed by atoms with Crippen LogP contribution in [0, 0.1) is 0 Å². The Morgan fingerprint density at radius 1 is 1.05 bits per heavy atom. The van der Waals surface area contributed by atoms with E-state index in [2.05, 4.69) is 20.9 Å². The second kappa shape index (κ2) is 6.24. The average Bonchev–Trinajstić information content (AvgIpc) is 2.52. The number of aliphatic hydroxyl groups is 1. The molecule has 1 heterocycles. The first-order valence-electron chi connectivity index (χ1n) is 6.63. The van der Waals surface area contributed by atoms with E-state index in [0.717, 1.165) is 20.8 Å². The molecule has 21 heavy (non-hydrogen) atoms. The lowest BCUT2D eigenvalue weighted by atomic mass is 10.1. The molecule has 0 fully saturated rings. The Bertz CT molecular complexity index is 774. The second-order valence-corrected chi connectivity index (χ2v) is 5.63. The standard InChI is InChI=1S/C17H14BrNO2/c18-14-6-3-4-12(8-14)11-21-17-16-7-2-1-5-13(16)9-15(10-20)19-17/h1-9,20H,10-11H2. The fourth-order valence-corrected chi connectivity index (χ4v) is 2.64. The maximum atomic E-state index is 9.32. The molecule has 0 aliphatic rings. The van der Waals surface area contributed by atoms with E-state index < -0.39 is 0 Å². The number of hydrogen-bond donors (Lipinski definition) is 1. The molecule has 0 atom stereocenters. The van der Waals surface area contributed by atoms with Crippen LogP contribution in [0.25, 0.3) is 10.8 Å². The van der Waals surface area contributed by atoms with Crippen molar-refractivity contribution in [2.75, 3.05) is 0 Å². The molecule has 1 N–H and O–H groups in total. The van der Waals surface area contributed by atoms with Crippen LogP contribution in [0.4, 0.5) is 0 Å². The fourth-order valence-electron chi connectivity index (χ4n) is 2.19. The maximum absolute atomic E-state index is 9.32. The number of benzene rings is 2. The third-order valence-electron chi connectivity index (χ3n) is 3.19. The van der Waals surface area contributed by atoms with Crippen molar-refractivity contribution in [2.45, 2.75) is 13.2 Å². The molecule has 1 aromatic heterocycles. The number of aliphatic hydroxyl groups excluding tert-OH is 1. The van der Waals surface area contributed by atoms with E-state index in [1.54, 1.807) is 0 Å². The molecule has 0 aliphatic carbocycles. The van der Waals surface area contributed by atoms with Crippen LogP contribution in [-0.4, -0.2) is 10.1 Å². The molecule has 3 nitrogen and oxygen atoms in total. The Kier molecular flexibility index (Phi) is 4.18. The van der Waals surface area contributed by atoms with Gasteiger partial charge < -0.3 is 9.84 Å². The van der Waals surface area contributed by atoms with Crippen LogP contribution in [0.2, 0.25) is 0 Å². The molecule has 0 unspecified atom stereocenters. The van der Waals surface area contributed by atoms with Crippen molar-refractivity contribution in [1.82, 2.24) is 4.98 Å². The van der Waals surface area contributed by atoms with Crippen LogP contribution in [-0.2, 0) is 13.2 Å². The summed E-state index contributed by atoms with van der Waals surface area (Å²) in [7, 11) is 0. The summed E-state index contributed by atoms with van der Waals surface area (Å²) in [6.07, 6.45) is 0. The van der Waals surface area contributed by atoms with Gasteiger partial charge in [0, 0.05) is 9.86 Å². The minimum absolute atomic E-state index is 0.0991. The molecule has 3 rings (SSSR count). The molecular formula is C17H14BrNO2. The predicted molar refractivity (Wildman–Crippen MR) is 86.1 cm³/mol. The fraction of sp³-hybridized carbons (Fsp3) is 0.118. The normalized spacial score (nSPS) is 10.8. The van der Waals surface area contributed by atoms with Gasteiger partial charge in [-0.2, -0.15) is 0 Å². The van der Waals surface area contributed by atoms with Crippen LogP contribution in [0.5, 0.6) is 5.88 Å². The van der Waals surface area contributed by atoms with Crippen molar-refractivity contribution in [1.29, 1.82) is 0 Å². The summed E-state index contributed by atoms with van der Waals surface area (Å²) in [6.45, 7) is 0.337. The van der Waals surface area contributed by atoms with Gasteiger partial charge in [0.05, 0.1) is 12.3 Å². The van der Waals surface area contributed by atoms with Crippen LogP contribution in [0.15, 0.2) is 59.1 Å². The Morgan fingerprint density at radius 3 is 2.71 bits per heavy atom. The Morgan fingerprint density at radius 2 is 1.90 bits per heavy atom. The van der Waals surface area contributed by atoms with Crippen LogP contribution in [0.3, 0.4) is 0 Å². The smallest absolute Gasteiger partial charge is 0.222 e. The van der Waals surface area contributed by atoms with Gasteiger partial charge in [-0.25, -0.2) is 4.98 Å². The number of aromatic nitrogens is 1. The summed E-state index contributed by atoms with van der Waals surface area (Å²) in [6, 6.07) is 17.7. The summed E-state index contributed by atoms with van der Waals surface area (Å²) >= 11 is 3.45. The van der Waals surface area contributed by atoms with Gasteiger partial charge in [0.15, 0.2) is 0 Å². The van der Waals surface area contributed by atoms with E-state index in [0.29, 0.717) is 18.2 Å². The predicted octanol–water partition coefficient (Wildman–Crippen LogP) is 4.07. The average molecular weight is 344 g/mol. The number of fused-ring (bicyclic) bond motifs is 1. The zero-order chi connectivity index (χ0) is 14.7. The van der Waals surface area contributed by atoms with Gasteiger partial charge in [0.2, 0.25) is 5.88 Å². The first kappa shape index (κ1) is 14.0. The van der Waals surface area contributed by atoms with Gasteiger partial charge in [-0.1, -0.05) is 46.3 Å². The number of hydrogen-bond acceptors (Lipinski definition) is 3. The number of nitrogens with zero attached hydrogens (tertiary/aromatic N) is 1. The van der Waals surface area contributed by atoms with Gasteiger partial charge >= 0.3 is 0 Å². The van der Waals surface area contributed by atoms with E-state index in [1.807, 2.05) is 54.6 Å². The van der Waals surface area contributed by atoms with Gasteiger partial charge in [-0.3, -0.25) is 0 Å². The topological polar surface area (TPSA) is 42.4 Å². The van der Waals surface area contributed by atoms with E-state index in [-0.39, 0.29) is 6.61 Å². The highest BCUT2D eigenvalue weighted by molar-refractivity contribution is 9.10. The molecule has 0 radical (unpaired) electrons. The van der Waals surface area contributed by atoms with E-state index in [4.69, 9.17) is 4.74 Å². The molecule has 0 spiro atoms. The highest BCUT2D eigenvalue weighted by atomic mass is 79.9. The number of halogens is 1. The Balaban J connectivity index is 1.92. The summed E-state index contributed by atoms with van der Waals surface area (Å²) in [5, 5.41) is 11.3. The van der Waals surface area contributed by atoms with Crippen molar-refractivity contribution >= 4 is 26.7 Å². The number of ether oxygens (including phenoxy) is 1. The first-order valence-corrected chi connectivity index (χ1v) is 7.42. The zero-order valence-corrected chi connectivity index (χ0v) is 12.9. The summed E-state index contributed by atoms with van der Waals surface area (Å²) in [4.78, 5) is 4.37. The minimum Gasteiger partial charge on any atom is -0.472 e. The second-order valence-electron chi connectivity index (χ2n) is 4.72. The molecule has 0 aliphatic heterocycles. The largest absolute Gasteiger partial charge is 0.472 e. The third kappa shape index (κ3) is 3.23. The first-order chi connectivity index (χ1) is 10.3. The van der Waals surface area contributed by atoms with Crippen molar-refractivity contribution < 1.29 is 9.84 Å². The molecular weight excluding hydrogens is 330 g/mol. The lowest BCUT2D eigenvalue weighted by Gasteiger charge is -2.10. The molecule has 3 aromatic rings. The lowest BCUT2D eigenvalue weighted by Crippen LogP contribution is -2.00. The van der Waals surface area contributed by atoms with Crippen molar-refractivity contribution in [3.05, 3.63) is 70.3 Å².